The van der Waals surface area contributed by atoms with Gasteiger partial charge < -0.3 is 15.8 Å². The lowest BCUT2D eigenvalue weighted by molar-refractivity contribution is 0.0325. The molecule has 22 heavy (non-hydrogen) atoms. The third-order valence-electron chi connectivity index (χ3n) is 3.91. The molecule has 3 N–H and O–H groups in total. The Morgan fingerprint density at radius 2 is 2.05 bits per heavy atom. The van der Waals surface area contributed by atoms with Crippen molar-refractivity contribution in [2.45, 2.75) is 6.92 Å². The van der Waals surface area contributed by atoms with Gasteiger partial charge in [-0.05, 0) is 18.1 Å². The predicted molar refractivity (Wildman–Crippen MR) is 88.9 cm³/mol. The first kappa shape index (κ1) is 15.0. The SMILES string of the molecule is C[C@H](CNc1nc(N)c2ccccc2n1)CN1CCOCC1. The molecule has 1 saturated heterocycles. The number of nitrogen functional groups attached to an aromatic ring is 1. The number of para-hydroxylation sites is 1. The van der Waals surface area contributed by atoms with Crippen molar-refractivity contribution in [3.05, 3.63) is 24.3 Å². The molecule has 2 heterocycles. The van der Waals surface area contributed by atoms with Crippen LogP contribution in [-0.2, 0) is 4.74 Å². The number of hydrogen-bond acceptors (Lipinski definition) is 6. The van der Waals surface area contributed by atoms with E-state index in [9.17, 15) is 0 Å². The highest BCUT2D eigenvalue weighted by Crippen LogP contribution is 2.19. The van der Waals surface area contributed by atoms with Crippen molar-refractivity contribution in [2.75, 3.05) is 50.4 Å². The number of hydrogen-bond donors (Lipinski definition) is 2. The molecule has 0 unspecified atom stereocenters. The quantitative estimate of drug-likeness (QED) is 0.873. The number of benzene rings is 1. The van der Waals surface area contributed by atoms with Gasteiger partial charge in [0.1, 0.15) is 5.82 Å². The van der Waals surface area contributed by atoms with Gasteiger partial charge in [-0.2, -0.15) is 4.98 Å². The fourth-order valence-electron chi connectivity index (χ4n) is 2.73. The van der Waals surface area contributed by atoms with Gasteiger partial charge in [-0.3, -0.25) is 4.90 Å². The number of fused-ring (bicyclic) bond motifs is 1. The van der Waals surface area contributed by atoms with Crippen LogP contribution in [0.5, 0.6) is 0 Å². The first-order valence-electron chi connectivity index (χ1n) is 7.78. The van der Waals surface area contributed by atoms with E-state index in [0.29, 0.717) is 17.7 Å². The van der Waals surface area contributed by atoms with Gasteiger partial charge in [-0.1, -0.05) is 19.1 Å². The van der Waals surface area contributed by atoms with Crippen molar-refractivity contribution in [1.29, 1.82) is 0 Å². The Labute approximate surface area is 130 Å². The van der Waals surface area contributed by atoms with Crippen LogP contribution in [0.2, 0.25) is 0 Å². The van der Waals surface area contributed by atoms with Gasteiger partial charge in [0, 0.05) is 31.6 Å². The van der Waals surface area contributed by atoms with Crippen LogP contribution in [0.4, 0.5) is 11.8 Å². The van der Waals surface area contributed by atoms with Crippen molar-refractivity contribution >= 4 is 22.7 Å². The van der Waals surface area contributed by atoms with E-state index >= 15 is 0 Å². The zero-order valence-electron chi connectivity index (χ0n) is 13.0. The molecule has 0 spiro atoms. The van der Waals surface area contributed by atoms with Gasteiger partial charge in [-0.15, -0.1) is 0 Å². The third-order valence-corrected chi connectivity index (χ3v) is 3.91. The summed E-state index contributed by atoms with van der Waals surface area (Å²) in [5.74, 6) is 1.63. The maximum absolute atomic E-state index is 6.00. The van der Waals surface area contributed by atoms with Gasteiger partial charge in [0.15, 0.2) is 0 Å². The highest BCUT2D eigenvalue weighted by molar-refractivity contribution is 5.88. The lowest BCUT2D eigenvalue weighted by Gasteiger charge is -2.29. The summed E-state index contributed by atoms with van der Waals surface area (Å²) < 4.78 is 5.37. The average molecular weight is 301 g/mol. The average Bonchev–Trinajstić information content (AvgIpc) is 2.54. The molecule has 1 atom stereocenters. The summed E-state index contributed by atoms with van der Waals surface area (Å²) in [7, 11) is 0. The number of rotatable bonds is 5. The molecule has 118 valence electrons. The maximum atomic E-state index is 6.00. The third kappa shape index (κ3) is 3.64. The van der Waals surface area contributed by atoms with Crippen LogP contribution in [-0.4, -0.2) is 54.3 Å². The largest absolute Gasteiger partial charge is 0.383 e. The summed E-state index contributed by atoms with van der Waals surface area (Å²) in [6.07, 6.45) is 0. The lowest BCUT2D eigenvalue weighted by Crippen LogP contribution is -2.40. The van der Waals surface area contributed by atoms with Crippen LogP contribution in [0.25, 0.3) is 10.9 Å². The monoisotopic (exact) mass is 301 g/mol. The Hall–Kier alpha value is -1.92. The molecule has 0 aliphatic carbocycles. The second-order valence-electron chi connectivity index (χ2n) is 5.85. The van der Waals surface area contributed by atoms with E-state index < -0.39 is 0 Å². The second kappa shape index (κ2) is 6.89. The van der Waals surface area contributed by atoms with E-state index in [-0.39, 0.29) is 0 Å². The normalized spacial score (nSPS) is 17.5. The molecule has 6 heteroatoms. The van der Waals surface area contributed by atoms with E-state index in [2.05, 4.69) is 27.1 Å². The van der Waals surface area contributed by atoms with Gasteiger partial charge in [0.2, 0.25) is 5.95 Å². The van der Waals surface area contributed by atoms with E-state index in [4.69, 9.17) is 10.5 Å². The molecule has 1 fully saturated rings. The zero-order chi connectivity index (χ0) is 15.4. The van der Waals surface area contributed by atoms with Crippen LogP contribution < -0.4 is 11.1 Å². The Morgan fingerprint density at radius 1 is 1.27 bits per heavy atom. The molecule has 2 aromatic rings. The minimum Gasteiger partial charge on any atom is -0.383 e. The maximum Gasteiger partial charge on any atom is 0.225 e. The van der Waals surface area contributed by atoms with E-state index in [0.717, 1.165) is 50.3 Å². The van der Waals surface area contributed by atoms with E-state index in [1.807, 2.05) is 24.3 Å². The zero-order valence-corrected chi connectivity index (χ0v) is 13.0. The van der Waals surface area contributed by atoms with Crippen LogP contribution >= 0.6 is 0 Å². The molecule has 6 nitrogen and oxygen atoms in total. The molecule has 0 radical (unpaired) electrons. The first-order chi connectivity index (χ1) is 10.7. The van der Waals surface area contributed by atoms with E-state index in [1.165, 1.54) is 0 Å². The first-order valence-corrected chi connectivity index (χ1v) is 7.78. The lowest BCUT2D eigenvalue weighted by atomic mass is 10.1. The molecule has 3 rings (SSSR count). The van der Waals surface area contributed by atoms with Gasteiger partial charge in [0.05, 0.1) is 18.7 Å². The predicted octanol–water partition coefficient (Wildman–Crippen LogP) is 1.59. The van der Waals surface area contributed by atoms with E-state index in [1.54, 1.807) is 0 Å². The summed E-state index contributed by atoms with van der Waals surface area (Å²) in [5.41, 5.74) is 6.87. The van der Waals surface area contributed by atoms with Gasteiger partial charge in [-0.25, -0.2) is 4.98 Å². The number of nitrogens with two attached hydrogens (primary N) is 1. The van der Waals surface area contributed by atoms with Crippen LogP contribution in [0.3, 0.4) is 0 Å². The molecule has 1 aliphatic rings. The fourth-order valence-corrected chi connectivity index (χ4v) is 2.73. The van der Waals surface area contributed by atoms with Crippen molar-refractivity contribution < 1.29 is 4.74 Å². The number of aromatic nitrogens is 2. The van der Waals surface area contributed by atoms with Crippen molar-refractivity contribution in [1.82, 2.24) is 14.9 Å². The van der Waals surface area contributed by atoms with Crippen LogP contribution in [0.15, 0.2) is 24.3 Å². The smallest absolute Gasteiger partial charge is 0.225 e. The number of nitrogens with zero attached hydrogens (tertiary/aromatic N) is 3. The van der Waals surface area contributed by atoms with Gasteiger partial charge >= 0.3 is 0 Å². The highest BCUT2D eigenvalue weighted by atomic mass is 16.5. The summed E-state index contributed by atoms with van der Waals surface area (Å²) >= 11 is 0. The molecular weight excluding hydrogens is 278 g/mol. The summed E-state index contributed by atoms with van der Waals surface area (Å²) in [5, 5.41) is 4.20. The molecular formula is C16H23N5O. The molecule has 1 aromatic heterocycles. The molecule has 0 bridgehead atoms. The number of nitrogens with one attached hydrogen (secondary N) is 1. The number of anilines is 2. The minimum absolute atomic E-state index is 0.509. The van der Waals surface area contributed by atoms with Crippen molar-refractivity contribution in [3.8, 4) is 0 Å². The number of ether oxygens (including phenoxy) is 1. The fraction of sp³-hybridized carbons (Fsp3) is 0.500. The number of morpholine rings is 1. The van der Waals surface area contributed by atoms with Crippen molar-refractivity contribution in [3.63, 3.8) is 0 Å². The Kier molecular flexibility index (Phi) is 4.70. The Balaban J connectivity index is 1.58. The van der Waals surface area contributed by atoms with Gasteiger partial charge in [0.25, 0.3) is 0 Å². The summed E-state index contributed by atoms with van der Waals surface area (Å²) in [4.78, 5) is 11.3. The molecule has 0 saturated carbocycles. The molecule has 0 amide bonds. The van der Waals surface area contributed by atoms with Crippen LogP contribution in [0.1, 0.15) is 6.92 Å². The Bertz CT molecular complexity index is 627. The molecule has 1 aliphatic heterocycles. The highest BCUT2D eigenvalue weighted by Gasteiger charge is 2.14. The Morgan fingerprint density at radius 3 is 2.86 bits per heavy atom. The topological polar surface area (TPSA) is 76.3 Å². The van der Waals surface area contributed by atoms with Crippen molar-refractivity contribution in [2.24, 2.45) is 5.92 Å². The van der Waals surface area contributed by atoms with Crippen LogP contribution in [0, 0.1) is 5.92 Å². The minimum atomic E-state index is 0.509. The summed E-state index contributed by atoms with van der Waals surface area (Å²) in [6, 6.07) is 7.80. The second-order valence-corrected chi connectivity index (χ2v) is 5.85. The standard InChI is InChI=1S/C16H23N5O/c1-12(11-21-6-8-22-9-7-21)10-18-16-19-14-5-3-2-4-13(14)15(17)20-16/h2-5,12H,6-11H2,1H3,(H3,17,18,19,20)/t12-/m1/s1. The summed E-state index contributed by atoms with van der Waals surface area (Å²) in [6.45, 7) is 7.82. The molecule has 1 aromatic carbocycles.